The second-order valence-corrected chi connectivity index (χ2v) is 4.22. The number of amides is 1. The van der Waals surface area contributed by atoms with E-state index in [1.807, 2.05) is 0 Å². The Balaban J connectivity index is 2.11. The standard InChI is InChI=1S/C10H17N3O2/c1-2-3-7-6-10(4-5-15-7)8(14)12-9(11)13-10/h7H,2-6H2,1H3,(H3,11,12,13,14). The SMILES string of the molecule is CCCC1CC2(CCO1)N=C(N)NC2=O. The van der Waals surface area contributed by atoms with Crippen LogP contribution < -0.4 is 11.1 Å². The zero-order valence-corrected chi connectivity index (χ0v) is 8.95. The smallest absolute Gasteiger partial charge is 0.254 e. The number of guanidine groups is 1. The maximum absolute atomic E-state index is 11.8. The van der Waals surface area contributed by atoms with Gasteiger partial charge in [0.2, 0.25) is 0 Å². The Morgan fingerprint density at radius 1 is 1.73 bits per heavy atom. The van der Waals surface area contributed by atoms with Crippen molar-refractivity contribution in [2.75, 3.05) is 6.61 Å². The molecule has 2 aliphatic rings. The summed E-state index contributed by atoms with van der Waals surface area (Å²) in [5, 5.41) is 2.57. The van der Waals surface area contributed by atoms with E-state index in [1.54, 1.807) is 0 Å². The van der Waals surface area contributed by atoms with Gasteiger partial charge in [0.05, 0.1) is 6.10 Å². The summed E-state index contributed by atoms with van der Waals surface area (Å²) < 4.78 is 5.60. The molecule has 2 heterocycles. The molecule has 5 nitrogen and oxygen atoms in total. The number of carbonyl (C=O) groups excluding carboxylic acids is 1. The molecule has 2 unspecified atom stereocenters. The number of rotatable bonds is 2. The van der Waals surface area contributed by atoms with Gasteiger partial charge >= 0.3 is 0 Å². The molecular weight excluding hydrogens is 194 g/mol. The monoisotopic (exact) mass is 211 g/mol. The first kappa shape index (κ1) is 10.4. The summed E-state index contributed by atoms with van der Waals surface area (Å²) in [5.74, 6) is 0.182. The van der Waals surface area contributed by atoms with Crippen LogP contribution in [0.15, 0.2) is 4.99 Å². The van der Waals surface area contributed by atoms with Gasteiger partial charge in [-0.05, 0) is 6.42 Å². The number of aliphatic imine (C=N–C) groups is 1. The summed E-state index contributed by atoms with van der Waals surface area (Å²) in [6.07, 6.45) is 3.48. The number of carbonyl (C=O) groups is 1. The van der Waals surface area contributed by atoms with E-state index in [0.29, 0.717) is 19.4 Å². The predicted molar refractivity (Wildman–Crippen MR) is 56.4 cm³/mol. The van der Waals surface area contributed by atoms with Gasteiger partial charge in [0.25, 0.3) is 5.91 Å². The van der Waals surface area contributed by atoms with Gasteiger partial charge in [-0.1, -0.05) is 13.3 Å². The molecule has 1 fully saturated rings. The first-order valence-corrected chi connectivity index (χ1v) is 5.45. The molecule has 0 aliphatic carbocycles. The van der Waals surface area contributed by atoms with Gasteiger partial charge in [0.1, 0.15) is 5.54 Å². The van der Waals surface area contributed by atoms with Crippen molar-refractivity contribution in [3.05, 3.63) is 0 Å². The fourth-order valence-electron chi connectivity index (χ4n) is 2.29. The molecule has 5 heteroatoms. The minimum absolute atomic E-state index is 0.0654. The Morgan fingerprint density at radius 3 is 3.13 bits per heavy atom. The van der Waals surface area contributed by atoms with E-state index >= 15 is 0 Å². The van der Waals surface area contributed by atoms with Crippen molar-refractivity contribution >= 4 is 11.9 Å². The molecule has 0 aromatic carbocycles. The summed E-state index contributed by atoms with van der Waals surface area (Å²) in [6, 6.07) is 0. The Kier molecular flexibility index (Phi) is 2.65. The van der Waals surface area contributed by atoms with Crippen LogP contribution in [0.5, 0.6) is 0 Å². The highest BCUT2D eigenvalue weighted by atomic mass is 16.5. The number of nitrogens with two attached hydrogens (primary N) is 1. The lowest BCUT2D eigenvalue weighted by Gasteiger charge is -2.33. The van der Waals surface area contributed by atoms with Crippen molar-refractivity contribution in [2.45, 2.75) is 44.2 Å². The average Bonchev–Trinajstić information content (AvgIpc) is 2.42. The highest BCUT2D eigenvalue weighted by molar-refractivity contribution is 6.06. The minimum Gasteiger partial charge on any atom is -0.378 e. The zero-order chi connectivity index (χ0) is 10.9. The van der Waals surface area contributed by atoms with Crippen LogP contribution in [0.3, 0.4) is 0 Å². The van der Waals surface area contributed by atoms with Crippen molar-refractivity contribution in [3.8, 4) is 0 Å². The molecule has 2 aliphatic heterocycles. The van der Waals surface area contributed by atoms with E-state index in [4.69, 9.17) is 10.5 Å². The van der Waals surface area contributed by atoms with Crippen molar-refractivity contribution in [3.63, 3.8) is 0 Å². The van der Waals surface area contributed by atoms with E-state index in [1.165, 1.54) is 0 Å². The third kappa shape index (κ3) is 1.84. The van der Waals surface area contributed by atoms with E-state index in [2.05, 4.69) is 17.2 Å². The van der Waals surface area contributed by atoms with Crippen molar-refractivity contribution in [2.24, 2.45) is 10.7 Å². The summed E-state index contributed by atoms with van der Waals surface area (Å²) in [6.45, 7) is 2.70. The molecule has 1 amide bonds. The van der Waals surface area contributed by atoms with Crippen LogP contribution in [0, 0.1) is 0 Å². The molecule has 2 rings (SSSR count). The summed E-state index contributed by atoms with van der Waals surface area (Å²) in [4.78, 5) is 16.0. The Labute approximate surface area is 89.1 Å². The van der Waals surface area contributed by atoms with E-state index in [0.717, 1.165) is 12.8 Å². The Morgan fingerprint density at radius 2 is 2.53 bits per heavy atom. The number of hydrogen-bond donors (Lipinski definition) is 2. The predicted octanol–water partition coefficient (Wildman–Crippen LogP) is 0.149. The van der Waals surface area contributed by atoms with Crippen LogP contribution in [-0.4, -0.2) is 30.1 Å². The van der Waals surface area contributed by atoms with Gasteiger partial charge < -0.3 is 10.5 Å². The molecular formula is C10H17N3O2. The Hall–Kier alpha value is -1.10. The first-order chi connectivity index (χ1) is 7.16. The second kappa shape index (κ2) is 3.81. The van der Waals surface area contributed by atoms with Crippen LogP contribution in [0.25, 0.3) is 0 Å². The lowest BCUT2D eigenvalue weighted by molar-refractivity contribution is -0.129. The number of nitrogens with zero attached hydrogens (tertiary/aromatic N) is 1. The maximum Gasteiger partial charge on any atom is 0.254 e. The molecule has 2 atom stereocenters. The largest absolute Gasteiger partial charge is 0.378 e. The van der Waals surface area contributed by atoms with Gasteiger partial charge in [0, 0.05) is 19.4 Å². The summed E-state index contributed by atoms with van der Waals surface area (Å²) in [7, 11) is 0. The molecule has 0 bridgehead atoms. The van der Waals surface area contributed by atoms with E-state index < -0.39 is 5.54 Å². The van der Waals surface area contributed by atoms with Gasteiger partial charge in [-0.2, -0.15) is 0 Å². The van der Waals surface area contributed by atoms with Crippen LogP contribution in [-0.2, 0) is 9.53 Å². The molecule has 1 spiro atoms. The number of ether oxygens (including phenoxy) is 1. The maximum atomic E-state index is 11.8. The van der Waals surface area contributed by atoms with Gasteiger partial charge in [0.15, 0.2) is 5.96 Å². The molecule has 0 aromatic heterocycles. The van der Waals surface area contributed by atoms with Crippen molar-refractivity contribution < 1.29 is 9.53 Å². The topological polar surface area (TPSA) is 76.7 Å². The minimum atomic E-state index is -0.637. The fourth-order valence-corrected chi connectivity index (χ4v) is 2.29. The molecule has 0 radical (unpaired) electrons. The van der Waals surface area contributed by atoms with E-state index in [-0.39, 0.29) is 18.0 Å². The summed E-state index contributed by atoms with van der Waals surface area (Å²) in [5.41, 5.74) is 4.89. The van der Waals surface area contributed by atoms with Gasteiger partial charge in [-0.15, -0.1) is 0 Å². The van der Waals surface area contributed by atoms with Crippen molar-refractivity contribution in [1.29, 1.82) is 0 Å². The lowest BCUT2D eigenvalue weighted by Crippen LogP contribution is -2.47. The molecule has 3 N–H and O–H groups in total. The fraction of sp³-hybridized carbons (Fsp3) is 0.800. The molecule has 0 saturated carbocycles. The van der Waals surface area contributed by atoms with Gasteiger partial charge in [-0.25, -0.2) is 4.99 Å². The molecule has 15 heavy (non-hydrogen) atoms. The van der Waals surface area contributed by atoms with Crippen molar-refractivity contribution in [1.82, 2.24) is 5.32 Å². The number of hydrogen-bond acceptors (Lipinski definition) is 4. The molecule has 84 valence electrons. The third-order valence-corrected chi connectivity index (χ3v) is 3.04. The van der Waals surface area contributed by atoms with Crippen LogP contribution in [0.4, 0.5) is 0 Å². The van der Waals surface area contributed by atoms with Crippen LogP contribution >= 0.6 is 0 Å². The zero-order valence-electron chi connectivity index (χ0n) is 8.95. The van der Waals surface area contributed by atoms with Gasteiger partial charge in [-0.3, -0.25) is 10.1 Å². The normalized spacial score (nSPS) is 35.4. The summed E-state index contributed by atoms with van der Waals surface area (Å²) >= 11 is 0. The average molecular weight is 211 g/mol. The van der Waals surface area contributed by atoms with Crippen LogP contribution in [0.1, 0.15) is 32.6 Å². The molecule has 1 saturated heterocycles. The highest BCUT2D eigenvalue weighted by Gasteiger charge is 2.46. The number of nitrogens with one attached hydrogen (secondary N) is 1. The second-order valence-electron chi connectivity index (χ2n) is 4.22. The highest BCUT2D eigenvalue weighted by Crippen LogP contribution is 2.32. The Bertz CT molecular complexity index is 301. The molecule has 0 aromatic rings. The van der Waals surface area contributed by atoms with Crippen LogP contribution in [0.2, 0.25) is 0 Å². The first-order valence-electron chi connectivity index (χ1n) is 5.45. The third-order valence-electron chi connectivity index (χ3n) is 3.04. The van der Waals surface area contributed by atoms with E-state index in [9.17, 15) is 4.79 Å². The quantitative estimate of drug-likeness (QED) is 0.682. The lowest BCUT2D eigenvalue weighted by atomic mass is 9.86.